The summed E-state index contributed by atoms with van der Waals surface area (Å²) in [6, 6.07) is 5.62. The Labute approximate surface area is 120 Å². The van der Waals surface area contributed by atoms with Crippen LogP contribution in [0.4, 0.5) is 0 Å². The molecule has 1 N–H and O–H groups in total. The van der Waals surface area contributed by atoms with E-state index in [4.69, 9.17) is 9.84 Å². The highest BCUT2D eigenvalue weighted by molar-refractivity contribution is 5.94. The van der Waals surface area contributed by atoms with Gasteiger partial charge in [-0.25, -0.2) is 0 Å². The van der Waals surface area contributed by atoms with E-state index in [2.05, 4.69) is 6.92 Å². The van der Waals surface area contributed by atoms with Gasteiger partial charge < -0.3 is 14.7 Å². The van der Waals surface area contributed by atoms with Gasteiger partial charge in [0, 0.05) is 25.1 Å². The summed E-state index contributed by atoms with van der Waals surface area (Å²) in [6.07, 6.45) is 4.08. The molecule has 0 radical (unpaired) electrons. The van der Waals surface area contributed by atoms with Crippen LogP contribution in [0, 0.1) is 0 Å². The normalized spacial score (nSPS) is 12.9. The van der Waals surface area contributed by atoms with Gasteiger partial charge in [0.05, 0.1) is 13.2 Å². The highest BCUT2D eigenvalue weighted by Crippen LogP contribution is 2.26. The van der Waals surface area contributed by atoms with Crippen LogP contribution in [0.5, 0.6) is 5.75 Å². The summed E-state index contributed by atoms with van der Waals surface area (Å²) in [5.41, 5.74) is 1.80. The largest absolute Gasteiger partial charge is 0.493 e. The van der Waals surface area contributed by atoms with Crippen molar-refractivity contribution in [3.63, 3.8) is 0 Å². The van der Waals surface area contributed by atoms with Crippen molar-refractivity contribution in [2.75, 3.05) is 26.3 Å². The summed E-state index contributed by atoms with van der Waals surface area (Å²) in [4.78, 5) is 14.2. The minimum atomic E-state index is 0.00449. The van der Waals surface area contributed by atoms with Crippen LogP contribution in [0.15, 0.2) is 18.2 Å². The van der Waals surface area contributed by atoms with Gasteiger partial charge in [0.15, 0.2) is 0 Å². The lowest BCUT2D eigenvalue weighted by Gasteiger charge is -2.22. The van der Waals surface area contributed by atoms with E-state index in [1.54, 1.807) is 4.90 Å². The minimum Gasteiger partial charge on any atom is -0.493 e. The zero-order valence-electron chi connectivity index (χ0n) is 12.1. The standard InChI is InChI=1S/C16H23NO3/c1-2-3-4-8-17(9-10-18)16(19)14-5-6-15-13(12-14)7-11-20-15/h5-6,12,18H,2-4,7-11H2,1H3. The van der Waals surface area contributed by atoms with Gasteiger partial charge >= 0.3 is 0 Å². The van der Waals surface area contributed by atoms with Crippen LogP contribution in [-0.4, -0.2) is 42.2 Å². The van der Waals surface area contributed by atoms with Crippen LogP contribution in [0.3, 0.4) is 0 Å². The molecule has 1 aromatic rings. The summed E-state index contributed by atoms with van der Waals surface area (Å²) >= 11 is 0. The number of unbranched alkanes of at least 4 members (excludes halogenated alkanes) is 2. The van der Waals surface area contributed by atoms with Crippen LogP contribution in [0.25, 0.3) is 0 Å². The molecular weight excluding hydrogens is 254 g/mol. The minimum absolute atomic E-state index is 0.00449. The third kappa shape index (κ3) is 3.51. The number of nitrogens with zero attached hydrogens (tertiary/aromatic N) is 1. The Kier molecular flexibility index (Phi) is 5.41. The number of hydrogen-bond acceptors (Lipinski definition) is 3. The van der Waals surface area contributed by atoms with E-state index in [1.807, 2.05) is 18.2 Å². The Balaban J connectivity index is 2.06. The molecule has 0 atom stereocenters. The average Bonchev–Trinajstić information content (AvgIpc) is 2.93. The zero-order valence-corrected chi connectivity index (χ0v) is 12.1. The van der Waals surface area contributed by atoms with Crippen molar-refractivity contribution in [2.24, 2.45) is 0 Å². The molecule has 0 saturated heterocycles. The molecule has 1 aromatic carbocycles. The van der Waals surface area contributed by atoms with Crippen LogP contribution in [-0.2, 0) is 6.42 Å². The second-order valence-electron chi connectivity index (χ2n) is 5.14. The lowest BCUT2D eigenvalue weighted by atomic mass is 10.1. The second-order valence-corrected chi connectivity index (χ2v) is 5.14. The van der Waals surface area contributed by atoms with E-state index < -0.39 is 0 Å². The highest BCUT2D eigenvalue weighted by atomic mass is 16.5. The number of ether oxygens (including phenoxy) is 1. The maximum absolute atomic E-state index is 12.5. The van der Waals surface area contributed by atoms with E-state index >= 15 is 0 Å². The molecule has 4 nitrogen and oxygen atoms in total. The number of carbonyl (C=O) groups is 1. The van der Waals surface area contributed by atoms with Gasteiger partial charge in [0.1, 0.15) is 5.75 Å². The van der Waals surface area contributed by atoms with E-state index in [-0.39, 0.29) is 12.5 Å². The van der Waals surface area contributed by atoms with E-state index in [0.717, 1.165) is 37.0 Å². The molecule has 1 heterocycles. The molecule has 0 aliphatic carbocycles. The lowest BCUT2D eigenvalue weighted by molar-refractivity contribution is 0.0718. The predicted molar refractivity (Wildman–Crippen MR) is 78.2 cm³/mol. The van der Waals surface area contributed by atoms with Gasteiger partial charge in [-0.1, -0.05) is 19.8 Å². The first-order valence-corrected chi connectivity index (χ1v) is 7.42. The van der Waals surface area contributed by atoms with Gasteiger partial charge in [-0.05, 0) is 30.2 Å². The third-order valence-electron chi connectivity index (χ3n) is 3.63. The van der Waals surface area contributed by atoms with Gasteiger partial charge in [0.2, 0.25) is 0 Å². The fourth-order valence-corrected chi connectivity index (χ4v) is 2.49. The monoisotopic (exact) mass is 277 g/mol. The Morgan fingerprint density at radius 2 is 2.20 bits per heavy atom. The second kappa shape index (κ2) is 7.29. The molecule has 0 saturated carbocycles. The molecule has 4 heteroatoms. The Morgan fingerprint density at radius 1 is 1.35 bits per heavy atom. The molecule has 110 valence electrons. The molecular formula is C16H23NO3. The molecule has 0 aromatic heterocycles. The summed E-state index contributed by atoms with van der Waals surface area (Å²) in [5, 5.41) is 9.13. The van der Waals surface area contributed by atoms with Crippen molar-refractivity contribution in [1.29, 1.82) is 0 Å². The van der Waals surface area contributed by atoms with Crippen LogP contribution >= 0.6 is 0 Å². The maximum Gasteiger partial charge on any atom is 0.253 e. The van der Waals surface area contributed by atoms with Crippen molar-refractivity contribution < 1.29 is 14.6 Å². The molecule has 0 fully saturated rings. The average molecular weight is 277 g/mol. The predicted octanol–water partition coefficient (Wildman–Crippen LogP) is 2.25. The first kappa shape index (κ1) is 14.9. The smallest absolute Gasteiger partial charge is 0.253 e. The number of fused-ring (bicyclic) bond motifs is 1. The van der Waals surface area contributed by atoms with Crippen LogP contribution < -0.4 is 4.74 Å². The SMILES string of the molecule is CCCCCN(CCO)C(=O)c1ccc2c(c1)CCO2. The van der Waals surface area contributed by atoms with Crippen molar-refractivity contribution in [1.82, 2.24) is 4.90 Å². The number of rotatable bonds is 7. The number of aliphatic hydroxyl groups is 1. The molecule has 0 bridgehead atoms. The van der Waals surface area contributed by atoms with Gasteiger partial charge in [-0.2, -0.15) is 0 Å². The number of benzene rings is 1. The van der Waals surface area contributed by atoms with Crippen LogP contribution in [0.2, 0.25) is 0 Å². The summed E-state index contributed by atoms with van der Waals surface area (Å²) in [5.74, 6) is 0.895. The summed E-state index contributed by atoms with van der Waals surface area (Å²) < 4.78 is 5.46. The Morgan fingerprint density at radius 3 is 2.95 bits per heavy atom. The highest BCUT2D eigenvalue weighted by Gasteiger charge is 2.18. The first-order chi connectivity index (χ1) is 9.76. The molecule has 0 unspecified atom stereocenters. The maximum atomic E-state index is 12.5. The van der Waals surface area contributed by atoms with Crippen molar-refractivity contribution in [3.8, 4) is 5.75 Å². The molecule has 2 rings (SSSR count). The van der Waals surface area contributed by atoms with Crippen molar-refractivity contribution >= 4 is 5.91 Å². The number of amides is 1. The number of aliphatic hydroxyl groups excluding tert-OH is 1. The van der Waals surface area contributed by atoms with Gasteiger partial charge in [-0.3, -0.25) is 4.79 Å². The van der Waals surface area contributed by atoms with Gasteiger partial charge in [-0.15, -0.1) is 0 Å². The summed E-state index contributed by atoms with van der Waals surface area (Å²) in [6.45, 7) is 3.95. The topological polar surface area (TPSA) is 49.8 Å². The molecule has 20 heavy (non-hydrogen) atoms. The number of hydrogen-bond donors (Lipinski definition) is 1. The summed E-state index contributed by atoms with van der Waals surface area (Å²) in [7, 11) is 0. The Bertz CT molecular complexity index is 459. The first-order valence-electron chi connectivity index (χ1n) is 7.42. The fraction of sp³-hybridized carbons (Fsp3) is 0.562. The van der Waals surface area contributed by atoms with Gasteiger partial charge in [0.25, 0.3) is 5.91 Å². The fourth-order valence-electron chi connectivity index (χ4n) is 2.49. The number of carbonyl (C=O) groups excluding carboxylic acids is 1. The van der Waals surface area contributed by atoms with E-state index in [0.29, 0.717) is 25.3 Å². The molecule has 1 aliphatic rings. The van der Waals surface area contributed by atoms with Crippen LogP contribution in [0.1, 0.15) is 42.1 Å². The quantitative estimate of drug-likeness (QED) is 0.778. The van der Waals surface area contributed by atoms with E-state index in [9.17, 15) is 4.79 Å². The third-order valence-corrected chi connectivity index (χ3v) is 3.63. The van der Waals surface area contributed by atoms with Crippen molar-refractivity contribution in [2.45, 2.75) is 32.6 Å². The Hall–Kier alpha value is -1.55. The molecule has 1 amide bonds. The van der Waals surface area contributed by atoms with E-state index in [1.165, 1.54) is 0 Å². The molecule has 1 aliphatic heterocycles. The lowest BCUT2D eigenvalue weighted by Crippen LogP contribution is -2.34. The zero-order chi connectivity index (χ0) is 14.4. The van der Waals surface area contributed by atoms with Crippen molar-refractivity contribution in [3.05, 3.63) is 29.3 Å². The molecule has 0 spiro atoms.